The van der Waals surface area contributed by atoms with Gasteiger partial charge >= 0.3 is 0 Å². The topological polar surface area (TPSA) is 32.7 Å². The van der Waals surface area contributed by atoms with Crippen LogP contribution in [0.15, 0.2) is 22.7 Å². The van der Waals surface area contributed by atoms with E-state index in [1.165, 1.54) is 0 Å². The van der Waals surface area contributed by atoms with E-state index in [1.54, 1.807) is 14.0 Å². The Labute approximate surface area is 112 Å². The molecule has 0 aromatic heterocycles. The lowest BCUT2D eigenvalue weighted by Gasteiger charge is -2.26. The molecule has 1 unspecified atom stereocenters. The van der Waals surface area contributed by atoms with Gasteiger partial charge in [-0.1, -0.05) is 22.0 Å². The van der Waals surface area contributed by atoms with Gasteiger partial charge in [-0.05, 0) is 26.0 Å². The predicted octanol–water partition coefficient (Wildman–Crippen LogP) is 2.98. The number of hydrogen-bond donors (Lipinski definition) is 1. The second-order valence-electron chi connectivity index (χ2n) is 3.95. The molecule has 0 bridgehead atoms. The highest BCUT2D eigenvalue weighted by Gasteiger charge is 2.13. The largest absolute Gasteiger partial charge is 0.389 e. The van der Waals surface area contributed by atoms with Gasteiger partial charge in [-0.25, -0.2) is 0 Å². The minimum absolute atomic E-state index is 0.463. The number of halogens is 1. The SMILES string of the molecule is CCN(CCOC)c1cc(Br)ccc1C(C)O. The fourth-order valence-corrected chi connectivity index (χ4v) is 2.14. The van der Waals surface area contributed by atoms with Gasteiger partial charge in [0, 0.05) is 35.9 Å². The molecule has 1 atom stereocenters. The van der Waals surface area contributed by atoms with Crippen molar-refractivity contribution in [3.63, 3.8) is 0 Å². The van der Waals surface area contributed by atoms with Gasteiger partial charge in [0.05, 0.1) is 12.7 Å². The summed E-state index contributed by atoms with van der Waals surface area (Å²) in [4.78, 5) is 2.20. The zero-order valence-electron chi connectivity index (χ0n) is 10.6. The molecule has 1 aromatic carbocycles. The Morgan fingerprint density at radius 3 is 2.71 bits per heavy atom. The van der Waals surface area contributed by atoms with Crippen LogP contribution in [0.3, 0.4) is 0 Å². The Morgan fingerprint density at radius 1 is 1.47 bits per heavy atom. The summed E-state index contributed by atoms with van der Waals surface area (Å²) >= 11 is 3.47. The molecule has 0 radical (unpaired) electrons. The molecule has 1 aromatic rings. The summed E-state index contributed by atoms with van der Waals surface area (Å²) in [5.74, 6) is 0. The van der Waals surface area contributed by atoms with Gasteiger partial charge in [0.15, 0.2) is 0 Å². The van der Waals surface area contributed by atoms with Gasteiger partial charge in [0.25, 0.3) is 0 Å². The van der Waals surface area contributed by atoms with Crippen LogP contribution >= 0.6 is 15.9 Å². The standard InChI is InChI=1S/C13H20BrNO2/c1-4-15(7-8-17-3)13-9-11(14)5-6-12(13)10(2)16/h5-6,9-10,16H,4,7-8H2,1-3H3. The summed E-state index contributed by atoms with van der Waals surface area (Å²) in [5, 5.41) is 9.79. The second kappa shape index (κ2) is 6.99. The Hall–Kier alpha value is -0.580. The van der Waals surface area contributed by atoms with Crippen LogP contribution in [-0.4, -0.2) is 31.9 Å². The summed E-state index contributed by atoms with van der Waals surface area (Å²) in [5.41, 5.74) is 2.01. The summed E-state index contributed by atoms with van der Waals surface area (Å²) in [7, 11) is 1.70. The molecule has 0 aliphatic rings. The van der Waals surface area contributed by atoms with Crippen molar-refractivity contribution in [1.82, 2.24) is 0 Å². The molecule has 0 amide bonds. The number of ether oxygens (including phenoxy) is 1. The lowest BCUT2D eigenvalue weighted by molar-refractivity contribution is 0.197. The maximum Gasteiger partial charge on any atom is 0.0782 e. The maximum absolute atomic E-state index is 9.79. The third-order valence-electron chi connectivity index (χ3n) is 2.73. The highest BCUT2D eigenvalue weighted by Crippen LogP contribution is 2.29. The minimum Gasteiger partial charge on any atom is -0.389 e. The van der Waals surface area contributed by atoms with E-state index in [0.29, 0.717) is 6.61 Å². The van der Waals surface area contributed by atoms with E-state index in [4.69, 9.17) is 4.74 Å². The number of aliphatic hydroxyl groups is 1. The van der Waals surface area contributed by atoms with Crippen LogP contribution in [0.1, 0.15) is 25.5 Å². The molecule has 96 valence electrons. The van der Waals surface area contributed by atoms with Gasteiger partial charge < -0.3 is 14.7 Å². The molecule has 0 spiro atoms. The lowest BCUT2D eigenvalue weighted by atomic mass is 10.1. The van der Waals surface area contributed by atoms with Gasteiger partial charge in [0.2, 0.25) is 0 Å². The summed E-state index contributed by atoms with van der Waals surface area (Å²) in [6, 6.07) is 5.95. The zero-order chi connectivity index (χ0) is 12.8. The van der Waals surface area contributed by atoms with Crippen molar-refractivity contribution < 1.29 is 9.84 Å². The number of anilines is 1. The fourth-order valence-electron chi connectivity index (χ4n) is 1.79. The van der Waals surface area contributed by atoms with Crippen molar-refractivity contribution in [1.29, 1.82) is 0 Å². The molecule has 0 aliphatic carbocycles. The van der Waals surface area contributed by atoms with Crippen LogP contribution < -0.4 is 4.90 Å². The Morgan fingerprint density at radius 2 is 2.18 bits per heavy atom. The number of rotatable bonds is 6. The van der Waals surface area contributed by atoms with E-state index in [-0.39, 0.29) is 0 Å². The first-order valence-electron chi connectivity index (χ1n) is 5.81. The van der Waals surface area contributed by atoms with Crippen LogP contribution in [0.5, 0.6) is 0 Å². The third-order valence-corrected chi connectivity index (χ3v) is 3.22. The summed E-state index contributed by atoms with van der Waals surface area (Å²) in [6.45, 7) is 6.28. The first-order valence-corrected chi connectivity index (χ1v) is 6.60. The Bertz CT molecular complexity index is 355. The second-order valence-corrected chi connectivity index (χ2v) is 4.87. The van der Waals surface area contributed by atoms with E-state index < -0.39 is 6.10 Å². The Balaban J connectivity index is 3.02. The van der Waals surface area contributed by atoms with Crippen molar-refractivity contribution in [3.8, 4) is 0 Å². The van der Waals surface area contributed by atoms with E-state index in [9.17, 15) is 5.11 Å². The molecule has 0 fully saturated rings. The number of benzene rings is 1. The normalized spacial score (nSPS) is 12.5. The smallest absolute Gasteiger partial charge is 0.0782 e. The van der Waals surface area contributed by atoms with Crippen LogP contribution in [0.4, 0.5) is 5.69 Å². The molecular weight excluding hydrogens is 282 g/mol. The molecule has 1 N–H and O–H groups in total. The summed E-state index contributed by atoms with van der Waals surface area (Å²) in [6.07, 6.45) is -0.463. The van der Waals surface area contributed by atoms with Gasteiger partial charge in [-0.3, -0.25) is 0 Å². The van der Waals surface area contributed by atoms with Crippen LogP contribution in [0.2, 0.25) is 0 Å². The number of nitrogens with zero attached hydrogens (tertiary/aromatic N) is 1. The molecule has 0 heterocycles. The van der Waals surface area contributed by atoms with Gasteiger partial charge in [-0.15, -0.1) is 0 Å². The number of hydrogen-bond acceptors (Lipinski definition) is 3. The predicted molar refractivity (Wildman–Crippen MR) is 74.5 cm³/mol. The third kappa shape index (κ3) is 3.98. The maximum atomic E-state index is 9.79. The van der Waals surface area contributed by atoms with Crippen molar-refractivity contribution in [2.24, 2.45) is 0 Å². The van der Waals surface area contributed by atoms with E-state index in [0.717, 1.165) is 28.8 Å². The molecular formula is C13H20BrNO2. The molecule has 3 nitrogen and oxygen atoms in total. The van der Waals surface area contributed by atoms with Crippen LogP contribution in [0.25, 0.3) is 0 Å². The number of methoxy groups -OCH3 is 1. The monoisotopic (exact) mass is 301 g/mol. The highest BCUT2D eigenvalue weighted by atomic mass is 79.9. The van der Waals surface area contributed by atoms with Gasteiger partial charge in [-0.2, -0.15) is 0 Å². The first kappa shape index (κ1) is 14.5. The van der Waals surface area contributed by atoms with E-state index in [1.807, 2.05) is 18.2 Å². The molecule has 17 heavy (non-hydrogen) atoms. The van der Waals surface area contributed by atoms with Crippen molar-refractivity contribution in [2.75, 3.05) is 31.7 Å². The van der Waals surface area contributed by atoms with Crippen LogP contribution in [-0.2, 0) is 4.74 Å². The molecule has 0 saturated carbocycles. The van der Waals surface area contributed by atoms with E-state index in [2.05, 4.69) is 27.8 Å². The lowest BCUT2D eigenvalue weighted by Crippen LogP contribution is -2.28. The van der Waals surface area contributed by atoms with Crippen molar-refractivity contribution in [3.05, 3.63) is 28.2 Å². The number of likely N-dealkylation sites (N-methyl/N-ethyl adjacent to an activating group) is 1. The average Bonchev–Trinajstić information content (AvgIpc) is 2.29. The van der Waals surface area contributed by atoms with E-state index >= 15 is 0 Å². The molecule has 1 rings (SSSR count). The molecule has 0 saturated heterocycles. The fraction of sp³-hybridized carbons (Fsp3) is 0.538. The Kier molecular flexibility index (Phi) is 5.95. The van der Waals surface area contributed by atoms with Crippen molar-refractivity contribution in [2.45, 2.75) is 20.0 Å². The molecule has 0 aliphatic heterocycles. The van der Waals surface area contributed by atoms with Gasteiger partial charge in [0.1, 0.15) is 0 Å². The van der Waals surface area contributed by atoms with Crippen LogP contribution in [0, 0.1) is 0 Å². The van der Waals surface area contributed by atoms with Crippen molar-refractivity contribution >= 4 is 21.6 Å². The summed E-state index contributed by atoms with van der Waals surface area (Å²) < 4.78 is 6.13. The zero-order valence-corrected chi connectivity index (χ0v) is 12.2. The average molecular weight is 302 g/mol. The quantitative estimate of drug-likeness (QED) is 0.877. The highest BCUT2D eigenvalue weighted by molar-refractivity contribution is 9.10. The minimum atomic E-state index is -0.463. The number of aliphatic hydroxyl groups excluding tert-OH is 1. The first-order chi connectivity index (χ1) is 8.10. The molecule has 4 heteroatoms.